The first-order valence-corrected chi connectivity index (χ1v) is 7.45. The molecule has 10 heteroatoms. The number of epoxide rings is 1. The number of hydrogen-bond acceptors (Lipinski definition) is 7. The highest BCUT2D eigenvalue weighted by Crippen LogP contribution is 2.08. The third kappa shape index (κ3) is 4.09. The summed E-state index contributed by atoms with van der Waals surface area (Å²) < 4.78 is 12.4. The molecule has 1 fully saturated rings. The van der Waals surface area contributed by atoms with E-state index in [1.807, 2.05) is 0 Å². The molecule has 1 atom stereocenters. The third-order valence-electron chi connectivity index (χ3n) is 3.44. The molecule has 24 heavy (non-hydrogen) atoms. The molecular weight excluding hydrogens is 322 g/mol. The van der Waals surface area contributed by atoms with Crippen molar-refractivity contribution in [1.82, 2.24) is 13.7 Å². The largest absolute Gasteiger partial charge is 0.461 e. The van der Waals surface area contributed by atoms with E-state index in [0.29, 0.717) is 6.61 Å². The predicted molar refractivity (Wildman–Crippen MR) is 81.8 cm³/mol. The number of carbonyl (C=O) groups is 1. The molecule has 0 spiro atoms. The van der Waals surface area contributed by atoms with Crippen LogP contribution in [0.1, 0.15) is 6.42 Å². The molecule has 1 aliphatic rings. The van der Waals surface area contributed by atoms with Gasteiger partial charge in [0, 0.05) is 19.2 Å². The molecular formula is C14H19N3O7. The number of esters is 1. The average molecular weight is 341 g/mol. The standard InChI is InChI=1S/C14H19N3O7/c1-2-11(19)23-7-5-16-12(20)15(4-3-6-18)13(21)17(14(16)22)8-10-9-24-10/h2,10,18H,1,3-9H2. The van der Waals surface area contributed by atoms with E-state index in [9.17, 15) is 19.2 Å². The highest BCUT2D eigenvalue weighted by Gasteiger charge is 2.26. The summed E-state index contributed by atoms with van der Waals surface area (Å²) in [5.74, 6) is -0.677. The summed E-state index contributed by atoms with van der Waals surface area (Å²) in [6, 6.07) is 0. The van der Waals surface area contributed by atoms with Gasteiger partial charge in [-0.15, -0.1) is 0 Å². The third-order valence-corrected chi connectivity index (χ3v) is 3.44. The van der Waals surface area contributed by atoms with Crippen molar-refractivity contribution in [3.8, 4) is 0 Å². The number of carbonyl (C=O) groups excluding carboxylic acids is 1. The molecule has 1 saturated heterocycles. The van der Waals surface area contributed by atoms with E-state index in [-0.39, 0.29) is 45.4 Å². The molecule has 1 unspecified atom stereocenters. The smallest absolute Gasteiger partial charge is 0.336 e. The van der Waals surface area contributed by atoms with Crippen LogP contribution in [0, 0.1) is 0 Å². The van der Waals surface area contributed by atoms with Gasteiger partial charge >= 0.3 is 23.0 Å². The van der Waals surface area contributed by atoms with Crippen LogP contribution in [0.25, 0.3) is 0 Å². The van der Waals surface area contributed by atoms with Crippen LogP contribution in [0.4, 0.5) is 0 Å². The number of aliphatic hydroxyl groups is 1. The summed E-state index contributed by atoms with van der Waals surface area (Å²) >= 11 is 0. The Bertz CT molecular complexity index is 785. The number of nitrogens with zero attached hydrogens (tertiary/aromatic N) is 3. The Morgan fingerprint density at radius 3 is 2.33 bits per heavy atom. The highest BCUT2D eigenvalue weighted by atomic mass is 16.6. The van der Waals surface area contributed by atoms with E-state index in [0.717, 1.165) is 19.8 Å². The van der Waals surface area contributed by atoms with Gasteiger partial charge in [-0.3, -0.25) is 0 Å². The first kappa shape index (κ1) is 17.9. The summed E-state index contributed by atoms with van der Waals surface area (Å²) in [5.41, 5.74) is -2.33. The summed E-state index contributed by atoms with van der Waals surface area (Å²) in [7, 11) is 0. The van der Waals surface area contributed by atoms with Crippen molar-refractivity contribution in [1.29, 1.82) is 0 Å². The summed E-state index contributed by atoms with van der Waals surface area (Å²) in [4.78, 5) is 48.1. The Morgan fingerprint density at radius 2 is 1.79 bits per heavy atom. The molecule has 0 radical (unpaired) electrons. The first-order valence-electron chi connectivity index (χ1n) is 7.45. The molecule has 1 N–H and O–H groups in total. The molecule has 1 aromatic rings. The van der Waals surface area contributed by atoms with Gasteiger partial charge in [0.1, 0.15) is 6.61 Å². The quantitative estimate of drug-likeness (QED) is 0.304. The highest BCUT2D eigenvalue weighted by molar-refractivity contribution is 5.81. The van der Waals surface area contributed by atoms with Crippen LogP contribution in [-0.4, -0.2) is 50.7 Å². The van der Waals surface area contributed by atoms with E-state index in [2.05, 4.69) is 6.58 Å². The van der Waals surface area contributed by atoms with Crippen LogP contribution >= 0.6 is 0 Å². The first-order chi connectivity index (χ1) is 11.5. The van der Waals surface area contributed by atoms with E-state index in [1.54, 1.807) is 0 Å². The maximum Gasteiger partial charge on any atom is 0.336 e. The Balaban J connectivity index is 2.37. The molecule has 0 saturated carbocycles. The molecule has 2 heterocycles. The van der Waals surface area contributed by atoms with E-state index < -0.39 is 23.0 Å². The molecule has 0 bridgehead atoms. The van der Waals surface area contributed by atoms with E-state index >= 15 is 0 Å². The fourth-order valence-electron chi connectivity index (χ4n) is 2.12. The Hall–Kier alpha value is -2.46. The lowest BCUT2D eigenvalue weighted by Gasteiger charge is -2.13. The average Bonchev–Trinajstić information content (AvgIpc) is 3.38. The number of aromatic nitrogens is 3. The molecule has 132 valence electrons. The van der Waals surface area contributed by atoms with Crippen LogP contribution in [0.3, 0.4) is 0 Å². The van der Waals surface area contributed by atoms with Crippen molar-refractivity contribution in [2.24, 2.45) is 0 Å². The SMILES string of the molecule is C=CC(=O)OCCn1c(=O)n(CCCO)c(=O)n(CC2CO2)c1=O. The van der Waals surface area contributed by atoms with Gasteiger partial charge in [-0.05, 0) is 6.42 Å². The molecule has 10 nitrogen and oxygen atoms in total. The second-order valence-corrected chi connectivity index (χ2v) is 5.17. The lowest BCUT2D eigenvalue weighted by Crippen LogP contribution is -2.55. The Morgan fingerprint density at radius 1 is 1.21 bits per heavy atom. The van der Waals surface area contributed by atoms with Gasteiger partial charge in [-0.25, -0.2) is 32.9 Å². The molecule has 2 rings (SSSR count). The van der Waals surface area contributed by atoms with Crippen LogP contribution < -0.4 is 17.1 Å². The fraction of sp³-hybridized carbons (Fsp3) is 0.571. The van der Waals surface area contributed by atoms with Crippen LogP contribution in [0.2, 0.25) is 0 Å². The van der Waals surface area contributed by atoms with Crippen LogP contribution in [0.15, 0.2) is 27.0 Å². The predicted octanol–water partition coefficient (Wildman–Crippen LogP) is -2.32. The normalized spacial score (nSPS) is 16.0. The zero-order chi connectivity index (χ0) is 17.7. The van der Waals surface area contributed by atoms with Gasteiger partial charge in [0.15, 0.2) is 0 Å². The van der Waals surface area contributed by atoms with Crippen molar-refractivity contribution in [3.63, 3.8) is 0 Å². The maximum absolute atomic E-state index is 12.4. The second-order valence-electron chi connectivity index (χ2n) is 5.17. The van der Waals surface area contributed by atoms with Gasteiger partial charge in [0.05, 0.1) is 25.8 Å². The number of aliphatic hydroxyl groups excluding tert-OH is 1. The Labute approximate surface area is 136 Å². The van der Waals surface area contributed by atoms with Crippen molar-refractivity contribution < 1.29 is 19.4 Å². The van der Waals surface area contributed by atoms with Crippen LogP contribution in [-0.2, 0) is 33.9 Å². The van der Waals surface area contributed by atoms with Gasteiger partial charge in [0.2, 0.25) is 0 Å². The molecule has 1 aromatic heterocycles. The van der Waals surface area contributed by atoms with Crippen molar-refractivity contribution in [2.75, 3.05) is 19.8 Å². The second kappa shape index (κ2) is 7.88. The minimum absolute atomic E-state index is 0.0214. The van der Waals surface area contributed by atoms with Crippen LogP contribution in [0.5, 0.6) is 0 Å². The van der Waals surface area contributed by atoms with Crippen molar-refractivity contribution in [3.05, 3.63) is 44.1 Å². The molecule has 0 aliphatic carbocycles. The zero-order valence-corrected chi connectivity index (χ0v) is 13.0. The summed E-state index contributed by atoms with van der Waals surface area (Å²) in [6.07, 6.45) is 0.929. The zero-order valence-electron chi connectivity index (χ0n) is 13.0. The lowest BCUT2D eigenvalue weighted by molar-refractivity contribution is -0.138. The van der Waals surface area contributed by atoms with E-state index in [4.69, 9.17) is 14.6 Å². The molecule has 1 aliphatic heterocycles. The minimum Gasteiger partial charge on any atom is -0.461 e. The number of ether oxygens (including phenoxy) is 2. The Kier molecular flexibility index (Phi) is 5.88. The topological polar surface area (TPSA) is 125 Å². The van der Waals surface area contributed by atoms with Gasteiger partial charge < -0.3 is 14.6 Å². The summed E-state index contributed by atoms with van der Waals surface area (Å²) in [5, 5.41) is 8.91. The minimum atomic E-state index is -0.805. The number of hydrogen-bond donors (Lipinski definition) is 1. The summed E-state index contributed by atoms with van der Waals surface area (Å²) in [6.45, 7) is 3.11. The van der Waals surface area contributed by atoms with Crippen molar-refractivity contribution >= 4 is 5.97 Å². The van der Waals surface area contributed by atoms with Gasteiger partial charge in [-0.2, -0.15) is 0 Å². The molecule has 0 amide bonds. The van der Waals surface area contributed by atoms with Gasteiger partial charge in [-0.1, -0.05) is 6.58 Å². The molecule has 0 aromatic carbocycles. The monoisotopic (exact) mass is 341 g/mol. The van der Waals surface area contributed by atoms with Crippen molar-refractivity contribution in [2.45, 2.75) is 32.2 Å². The maximum atomic E-state index is 12.4. The van der Waals surface area contributed by atoms with Gasteiger partial charge in [0.25, 0.3) is 0 Å². The fourth-order valence-corrected chi connectivity index (χ4v) is 2.12. The van der Waals surface area contributed by atoms with E-state index in [1.165, 1.54) is 0 Å². The number of rotatable bonds is 9. The lowest BCUT2D eigenvalue weighted by atomic mass is 10.4.